The molecule has 2 aromatic rings. The van der Waals surface area contributed by atoms with Crippen molar-refractivity contribution in [2.45, 2.75) is 6.54 Å². The molecule has 0 radical (unpaired) electrons. The topological polar surface area (TPSA) is 123 Å². The van der Waals surface area contributed by atoms with Crippen molar-refractivity contribution in [1.82, 2.24) is 15.0 Å². The SMILES string of the molecule is Nc1nc(NCc2ncc[nH]2)ccc1[N+](=O)[O-]. The molecule has 0 amide bonds. The fraction of sp³-hybridized carbons (Fsp3) is 0.111. The molecule has 2 heterocycles. The van der Waals surface area contributed by atoms with E-state index in [-0.39, 0.29) is 11.5 Å². The Morgan fingerprint density at radius 2 is 2.35 bits per heavy atom. The molecule has 0 aliphatic rings. The van der Waals surface area contributed by atoms with Crippen molar-refractivity contribution in [3.8, 4) is 0 Å². The molecule has 0 atom stereocenters. The molecule has 2 rings (SSSR count). The van der Waals surface area contributed by atoms with E-state index >= 15 is 0 Å². The minimum Gasteiger partial charge on any atom is -0.378 e. The summed E-state index contributed by atoms with van der Waals surface area (Å²) in [5.41, 5.74) is 5.25. The van der Waals surface area contributed by atoms with Gasteiger partial charge in [0.2, 0.25) is 5.82 Å². The van der Waals surface area contributed by atoms with Gasteiger partial charge in [0.15, 0.2) is 0 Å². The lowest BCUT2D eigenvalue weighted by molar-refractivity contribution is -0.384. The molecule has 0 saturated heterocycles. The first kappa shape index (κ1) is 10.9. The van der Waals surface area contributed by atoms with Crippen LogP contribution in [0.3, 0.4) is 0 Å². The molecule has 8 nitrogen and oxygen atoms in total. The summed E-state index contributed by atoms with van der Waals surface area (Å²) >= 11 is 0. The lowest BCUT2D eigenvalue weighted by Gasteiger charge is -2.04. The average molecular weight is 234 g/mol. The number of nitro groups is 1. The number of hydrogen-bond acceptors (Lipinski definition) is 6. The third-order valence-corrected chi connectivity index (χ3v) is 2.09. The molecule has 0 aliphatic heterocycles. The van der Waals surface area contributed by atoms with Crippen molar-refractivity contribution in [3.05, 3.63) is 40.5 Å². The van der Waals surface area contributed by atoms with E-state index in [0.29, 0.717) is 12.4 Å². The van der Waals surface area contributed by atoms with Crippen molar-refractivity contribution in [2.75, 3.05) is 11.1 Å². The predicted molar refractivity (Wildman–Crippen MR) is 61.2 cm³/mol. The van der Waals surface area contributed by atoms with E-state index < -0.39 is 4.92 Å². The van der Waals surface area contributed by atoms with E-state index in [4.69, 9.17) is 5.73 Å². The number of nitrogen functional groups attached to an aromatic ring is 1. The predicted octanol–water partition coefficient (Wildman–Crippen LogP) is 0.907. The summed E-state index contributed by atoms with van der Waals surface area (Å²) < 4.78 is 0. The Morgan fingerprint density at radius 3 is 2.94 bits per heavy atom. The maximum absolute atomic E-state index is 10.5. The summed E-state index contributed by atoms with van der Waals surface area (Å²) in [6.45, 7) is 0.442. The molecular weight excluding hydrogens is 224 g/mol. The van der Waals surface area contributed by atoms with Crippen LogP contribution >= 0.6 is 0 Å². The van der Waals surface area contributed by atoms with Gasteiger partial charge in [-0.3, -0.25) is 10.1 Å². The van der Waals surface area contributed by atoms with Crippen molar-refractivity contribution < 1.29 is 4.92 Å². The number of anilines is 2. The Balaban J connectivity index is 2.07. The highest BCUT2D eigenvalue weighted by molar-refractivity contribution is 5.57. The Morgan fingerprint density at radius 1 is 1.53 bits per heavy atom. The zero-order valence-corrected chi connectivity index (χ0v) is 8.75. The molecule has 0 fully saturated rings. The van der Waals surface area contributed by atoms with Crippen molar-refractivity contribution >= 4 is 17.3 Å². The van der Waals surface area contributed by atoms with Crippen LogP contribution < -0.4 is 11.1 Å². The lowest BCUT2D eigenvalue weighted by Crippen LogP contribution is -2.05. The second-order valence-corrected chi connectivity index (χ2v) is 3.25. The lowest BCUT2D eigenvalue weighted by atomic mass is 10.4. The molecular formula is C9H10N6O2. The van der Waals surface area contributed by atoms with Gasteiger partial charge >= 0.3 is 5.69 Å². The fourth-order valence-corrected chi connectivity index (χ4v) is 1.29. The van der Waals surface area contributed by atoms with Crippen molar-refractivity contribution in [2.24, 2.45) is 0 Å². The zero-order valence-electron chi connectivity index (χ0n) is 8.75. The Kier molecular flexibility index (Phi) is 2.86. The van der Waals surface area contributed by atoms with E-state index in [2.05, 4.69) is 20.3 Å². The van der Waals surface area contributed by atoms with Crippen LogP contribution in [0.4, 0.5) is 17.3 Å². The third kappa shape index (κ3) is 2.48. The minimum atomic E-state index is -0.571. The number of pyridine rings is 1. The summed E-state index contributed by atoms with van der Waals surface area (Å²) in [6, 6.07) is 2.81. The van der Waals surface area contributed by atoms with Crippen molar-refractivity contribution in [1.29, 1.82) is 0 Å². The Labute approximate surface area is 96.0 Å². The Hall–Kier alpha value is -2.64. The Bertz CT molecular complexity index is 524. The second kappa shape index (κ2) is 4.47. The van der Waals surface area contributed by atoms with Crippen LogP contribution in [-0.2, 0) is 6.54 Å². The highest BCUT2D eigenvalue weighted by Gasteiger charge is 2.12. The van der Waals surface area contributed by atoms with Crippen LogP contribution in [0.2, 0.25) is 0 Å². The smallest absolute Gasteiger partial charge is 0.311 e. The van der Waals surface area contributed by atoms with Gasteiger partial charge in [-0.25, -0.2) is 9.97 Å². The summed E-state index contributed by atoms with van der Waals surface area (Å²) in [5.74, 6) is 1.09. The van der Waals surface area contributed by atoms with Gasteiger partial charge in [0.1, 0.15) is 11.6 Å². The quantitative estimate of drug-likeness (QED) is 0.533. The number of H-pyrrole nitrogens is 1. The van der Waals surface area contributed by atoms with Gasteiger partial charge in [-0.1, -0.05) is 0 Å². The highest BCUT2D eigenvalue weighted by atomic mass is 16.6. The van der Waals surface area contributed by atoms with E-state index in [1.165, 1.54) is 12.1 Å². The first-order valence-electron chi connectivity index (χ1n) is 4.80. The van der Waals surface area contributed by atoms with Crippen molar-refractivity contribution in [3.63, 3.8) is 0 Å². The number of nitrogens with one attached hydrogen (secondary N) is 2. The molecule has 2 aromatic heterocycles. The number of nitrogens with two attached hydrogens (primary N) is 1. The molecule has 0 unspecified atom stereocenters. The second-order valence-electron chi connectivity index (χ2n) is 3.25. The molecule has 0 spiro atoms. The normalized spacial score (nSPS) is 10.1. The minimum absolute atomic E-state index is 0.112. The number of rotatable bonds is 4. The summed E-state index contributed by atoms with van der Waals surface area (Å²) in [5, 5.41) is 13.5. The van der Waals surface area contributed by atoms with E-state index in [1.54, 1.807) is 12.4 Å². The molecule has 8 heteroatoms. The maximum Gasteiger partial charge on any atom is 0.311 e. The molecule has 4 N–H and O–H groups in total. The van der Waals surface area contributed by atoms with Crippen LogP contribution in [0.1, 0.15) is 5.82 Å². The molecule has 88 valence electrons. The molecule has 0 aromatic carbocycles. The van der Waals surface area contributed by atoms with Gasteiger partial charge in [-0.2, -0.15) is 0 Å². The van der Waals surface area contributed by atoms with Crippen LogP contribution in [0.5, 0.6) is 0 Å². The number of aromatic nitrogens is 3. The van der Waals surface area contributed by atoms with Crippen LogP contribution in [0, 0.1) is 10.1 Å². The van der Waals surface area contributed by atoms with E-state index in [9.17, 15) is 10.1 Å². The van der Waals surface area contributed by atoms with Gasteiger partial charge in [-0.05, 0) is 6.07 Å². The summed E-state index contributed by atoms with van der Waals surface area (Å²) in [4.78, 5) is 20.8. The van der Waals surface area contributed by atoms with Gasteiger partial charge in [0, 0.05) is 18.5 Å². The number of nitrogens with zero attached hydrogens (tertiary/aromatic N) is 3. The first-order valence-corrected chi connectivity index (χ1v) is 4.80. The maximum atomic E-state index is 10.5. The number of hydrogen-bond donors (Lipinski definition) is 3. The standard InChI is InChI=1S/C9H10N6O2/c10-9-6(15(16)17)1-2-7(14-9)13-5-8-11-3-4-12-8/h1-4H,5H2,(H,11,12)(H3,10,13,14). The molecule has 17 heavy (non-hydrogen) atoms. The molecule has 0 bridgehead atoms. The van der Waals surface area contributed by atoms with E-state index in [1.807, 2.05) is 0 Å². The summed E-state index contributed by atoms with van der Waals surface area (Å²) in [6.07, 6.45) is 3.34. The highest BCUT2D eigenvalue weighted by Crippen LogP contribution is 2.20. The number of aromatic amines is 1. The van der Waals surface area contributed by atoms with Gasteiger partial charge in [0.05, 0.1) is 11.5 Å². The van der Waals surface area contributed by atoms with Crippen LogP contribution in [-0.4, -0.2) is 19.9 Å². The van der Waals surface area contributed by atoms with Gasteiger partial charge < -0.3 is 16.0 Å². The molecule has 0 saturated carbocycles. The third-order valence-electron chi connectivity index (χ3n) is 2.09. The summed E-state index contributed by atoms with van der Waals surface area (Å²) in [7, 11) is 0. The first-order chi connectivity index (χ1) is 8.16. The van der Waals surface area contributed by atoms with Gasteiger partial charge in [-0.15, -0.1) is 0 Å². The largest absolute Gasteiger partial charge is 0.378 e. The zero-order chi connectivity index (χ0) is 12.3. The van der Waals surface area contributed by atoms with Crippen LogP contribution in [0.25, 0.3) is 0 Å². The van der Waals surface area contributed by atoms with Crippen LogP contribution in [0.15, 0.2) is 24.5 Å². The van der Waals surface area contributed by atoms with Gasteiger partial charge in [0.25, 0.3) is 0 Å². The average Bonchev–Trinajstić information content (AvgIpc) is 2.78. The molecule has 0 aliphatic carbocycles. The monoisotopic (exact) mass is 234 g/mol. The van der Waals surface area contributed by atoms with E-state index in [0.717, 1.165) is 5.82 Å². The fourth-order valence-electron chi connectivity index (χ4n) is 1.29. The number of imidazole rings is 1.